The van der Waals surface area contributed by atoms with E-state index in [1.807, 2.05) is 17.0 Å². The maximum absolute atomic E-state index is 12.6. The maximum Gasteiger partial charge on any atom is 0.255 e. The standard InChI is InChI=1S/C19H24N6O2/c26-19(14-2-1-6-20-10-14)23-7-3-15(4-8-23)24-9-5-18-17(12-24)25-16(13-27-18)11-21-22-25/h1-2,6,10-11,15,17-18H,3-5,7-9,12-13H2/t17-,18+/m1/s1. The number of hydrogen-bond donors (Lipinski definition) is 0. The minimum absolute atomic E-state index is 0.0909. The minimum atomic E-state index is 0.0909. The molecule has 2 aromatic heterocycles. The number of carbonyl (C=O) groups is 1. The topological polar surface area (TPSA) is 76.4 Å². The van der Waals surface area contributed by atoms with Crippen LogP contribution in [-0.2, 0) is 11.3 Å². The third-order valence-electron chi connectivity index (χ3n) is 6.14. The van der Waals surface area contributed by atoms with Crippen LogP contribution in [0, 0.1) is 0 Å². The van der Waals surface area contributed by atoms with Crippen molar-refractivity contribution in [2.24, 2.45) is 0 Å². The van der Waals surface area contributed by atoms with Crippen LogP contribution < -0.4 is 0 Å². The highest BCUT2D eigenvalue weighted by molar-refractivity contribution is 5.93. The molecular weight excluding hydrogens is 344 g/mol. The Morgan fingerprint density at radius 1 is 1.15 bits per heavy atom. The summed E-state index contributed by atoms with van der Waals surface area (Å²) >= 11 is 0. The van der Waals surface area contributed by atoms with Crippen molar-refractivity contribution >= 4 is 5.91 Å². The van der Waals surface area contributed by atoms with E-state index < -0.39 is 0 Å². The summed E-state index contributed by atoms with van der Waals surface area (Å²) in [4.78, 5) is 21.2. The number of pyridine rings is 1. The largest absolute Gasteiger partial charge is 0.370 e. The molecule has 3 aliphatic rings. The minimum Gasteiger partial charge on any atom is -0.370 e. The summed E-state index contributed by atoms with van der Waals surface area (Å²) in [5.41, 5.74) is 1.74. The van der Waals surface area contributed by atoms with Gasteiger partial charge in [-0.05, 0) is 31.4 Å². The summed E-state index contributed by atoms with van der Waals surface area (Å²) < 4.78 is 8.07. The van der Waals surface area contributed by atoms with Crippen LogP contribution in [0.15, 0.2) is 30.7 Å². The lowest BCUT2D eigenvalue weighted by Crippen LogP contribution is -2.54. The van der Waals surface area contributed by atoms with Gasteiger partial charge in [0.2, 0.25) is 0 Å². The van der Waals surface area contributed by atoms with Crippen LogP contribution in [0.2, 0.25) is 0 Å². The fraction of sp³-hybridized carbons (Fsp3) is 0.579. The molecule has 27 heavy (non-hydrogen) atoms. The van der Waals surface area contributed by atoms with Crippen LogP contribution >= 0.6 is 0 Å². The van der Waals surface area contributed by atoms with Gasteiger partial charge in [0, 0.05) is 44.6 Å². The van der Waals surface area contributed by atoms with E-state index >= 15 is 0 Å². The van der Waals surface area contributed by atoms with Crippen molar-refractivity contribution in [2.75, 3.05) is 26.2 Å². The van der Waals surface area contributed by atoms with E-state index in [9.17, 15) is 4.79 Å². The van der Waals surface area contributed by atoms with Crippen LogP contribution in [0.4, 0.5) is 0 Å². The van der Waals surface area contributed by atoms with Crippen LogP contribution in [0.1, 0.15) is 41.4 Å². The molecule has 0 N–H and O–H groups in total. The molecule has 3 aliphatic heterocycles. The molecule has 8 nitrogen and oxygen atoms in total. The molecule has 0 aromatic carbocycles. The quantitative estimate of drug-likeness (QED) is 0.791. The second-order valence-electron chi connectivity index (χ2n) is 7.64. The number of hydrogen-bond acceptors (Lipinski definition) is 6. The molecule has 0 radical (unpaired) electrons. The predicted octanol–water partition coefficient (Wildman–Crippen LogP) is 1.12. The monoisotopic (exact) mass is 368 g/mol. The highest BCUT2D eigenvalue weighted by Crippen LogP contribution is 2.32. The molecular formula is C19H24N6O2. The first-order valence-electron chi connectivity index (χ1n) is 9.73. The molecule has 5 heterocycles. The summed E-state index contributed by atoms with van der Waals surface area (Å²) in [5.74, 6) is 0.0909. The Morgan fingerprint density at radius 3 is 2.85 bits per heavy atom. The molecule has 2 saturated heterocycles. The van der Waals surface area contributed by atoms with Gasteiger partial charge in [0.1, 0.15) is 0 Å². The Kier molecular flexibility index (Phi) is 4.37. The third-order valence-corrected chi connectivity index (χ3v) is 6.14. The first-order valence-corrected chi connectivity index (χ1v) is 9.73. The Labute approximate surface area is 158 Å². The number of amides is 1. The lowest BCUT2D eigenvalue weighted by Gasteiger charge is -2.46. The van der Waals surface area contributed by atoms with Gasteiger partial charge in [-0.1, -0.05) is 5.21 Å². The summed E-state index contributed by atoms with van der Waals surface area (Å²) in [6.45, 7) is 4.21. The van der Waals surface area contributed by atoms with E-state index in [0.717, 1.165) is 51.1 Å². The molecule has 5 rings (SSSR count). The fourth-order valence-electron chi connectivity index (χ4n) is 4.64. The lowest BCUT2D eigenvalue weighted by atomic mass is 9.95. The van der Waals surface area contributed by atoms with Gasteiger partial charge in [-0.15, -0.1) is 5.10 Å². The van der Waals surface area contributed by atoms with Crippen LogP contribution in [0.3, 0.4) is 0 Å². The Bertz CT molecular complexity index is 802. The van der Waals surface area contributed by atoms with Gasteiger partial charge in [-0.2, -0.15) is 0 Å². The number of fused-ring (bicyclic) bond motifs is 3. The molecule has 0 spiro atoms. The van der Waals surface area contributed by atoms with Gasteiger partial charge in [0.05, 0.1) is 36.2 Å². The highest BCUT2D eigenvalue weighted by Gasteiger charge is 2.39. The van der Waals surface area contributed by atoms with Crippen molar-refractivity contribution in [3.63, 3.8) is 0 Å². The first kappa shape index (κ1) is 16.8. The molecule has 8 heteroatoms. The smallest absolute Gasteiger partial charge is 0.255 e. The zero-order valence-electron chi connectivity index (χ0n) is 15.3. The summed E-state index contributed by atoms with van der Waals surface area (Å²) in [5, 5.41) is 8.35. The van der Waals surface area contributed by atoms with Crippen molar-refractivity contribution in [3.05, 3.63) is 42.0 Å². The number of piperidine rings is 2. The van der Waals surface area contributed by atoms with Crippen molar-refractivity contribution in [1.29, 1.82) is 0 Å². The highest BCUT2D eigenvalue weighted by atomic mass is 16.5. The van der Waals surface area contributed by atoms with Crippen LogP contribution in [0.5, 0.6) is 0 Å². The van der Waals surface area contributed by atoms with Crippen LogP contribution in [0.25, 0.3) is 0 Å². The molecule has 1 amide bonds. The molecule has 0 bridgehead atoms. The third kappa shape index (κ3) is 3.12. The Balaban J connectivity index is 1.21. The van der Waals surface area contributed by atoms with Gasteiger partial charge in [-0.3, -0.25) is 14.7 Å². The molecule has 2 aromatic rings. The van der Waals surface area contributed by atoms with Crippen molar-refractivity contribution in [3.8, 4) is 0 Å². The van der Waals surface area contributed by atoms with E-state index in [1.165, 1.54) is 0 Å². The molecule has 2 atom stereocenters. The van der Waals surface area contributed by atoms with E-state index in [1.54, 1.807) is 18.6 Å². The first-order chi connectivity index (χ1) is 13.3. The van der Waals surface area contributed by atoms with Gasteiger partial charge in [0.25, 0.3) is 5.91 Å². The summed E-state index contributed by atoms with van der Waals surface area (Å²) in [7, 11) is 0. The van der Waals surface area contributed by atoms with E-state index in [0.29, 0.717) is 18.2 Å². The predicted molar refractivity (Wildman–Crippen MR) is 97.0 cm³/mol. The maximum atomic E-state index is 12.6. The average Bonchev–Trinajstić information content (AvgIpc) is 3.23. The second kappa shape index (κ2) is 7.01. The van der Waals surface area contributed by atoms with Crippen molar-refractivity contribution in [2.45, 2.75) is 44.1 Å². The van der Waals surface area contributed by atoms with E-state index in [4.69, 9.17) is 4.74 Å². The van der Waals surface area contributed by atoms with Crippen molar-refractivity contribution < 1.29 is 9.53 Å². The zero-order valence-corrected chi connectivity index (χ0v) is 15.3. The number of ether oxygens (including phenoxy) is 1. The van der Waals surface area contributed by atoms with E-state index in [2.05, 4.69) is 24.9 Å². The fourth-order valence-corrected chi connectivity index (χ4v) is 4.64. The normalized spacial score (nSPS) is 26.4. The van der Waals surface area contributed by atoms with Gasteiger partial charge in [-0.25, -0.2) is 4.68 Å². The molecule has 0 aliphatic carbocycles. The van der Waals surface area contributed by atoms with Gasteiger partial charge >= 0.3 is 0 Å². The molecule has 0 saturated carbocycles. The second-order valence-corrected chi connectivity index (χ2v) is 7.64. The van der Waals surface area contributed by atoms with Crippen LogP contribution in [-0.4, -0.2) is 74.0 Å². The molecule has 2 fully saturated rings. The number of nitrogens with zero attached hydrogens (tertiary/aromatic N) is 6. The average molecular weight is 368 g/mol. The Hall–Kier alpha value is -2.32. The summed E-state index contributed by atoms with van der Waals surface area (Å²) in [6.07, 6.45) is 8.43. The number of rotatable bonds is 2. The van der Waals surface area contributed by atoms with Crippen molar-refractivity contribution in [1.82, 2.24) is 29.8 Å². The van der Waals surface area contributed by atoms with Gasteiger partial charge in [0.15, 0.2) is 0 Å². The van der Waals surface area contributed by atoms with E-state index in [-0.39, 0.29) is 18.1 Å². The number of aromatic nitrogens is 4. The number of carbonyl (C=O) groups excluding carboxylic acids is 1. The molecule has 142 valence electrons. The SMILES string of the molecule is O=C(c1cccnc1)N1CCC(N2CC[C@@H]3OCc4cnnn4[C@@H]3C2)CC1. The van der Waals surface area contributed by atoms with Gasteiger partial charge < -0.3 is 9.64 Å². The Morgan fingerprint density at radius 2 is 2.04 bits per heavy atom. The molecule has 0 unspecified atom stereocenters. The number of likely N-dealkylation sites (tertiary alicyclic amines) is 2. The summed E-state index contributed by atoms with van der Waals surface area (Å²) in [6, 6.07) is 4.41. The lowest BCUT2D eigenvalue weighted by molar-refractivity contribution is -0.0757. The zero-order chi connectivity index (χ0) is 18.2.